The van der Waals surface area contributed by atoms with Crippen LogP contribution < -0.4 is 0 Å². The molecule has 2 aromatic carbocycles. The Hall–Kier alpha value is -1.58. The number of fused-ring (bicyclic) bond motifs is 1. The maximum atomic E-state index is 7.00. The van der Waals surface area contributed by atoms with Crippen molar-refractivity contribution in [1.29, 1.82) is 0 Å². The number of aryl methyl sites for hydroxylation is 2. The third-order valence-electron chi connectivity index (χ3n) is 3.85. The number of nitrogens with zero attached hydrogens (tertiary/aromatic N) is 1. The van der Waals surface area contributed by atoms with Crippen molar-refractivity contribution in [2.75, 3.05) is 14.2 Å². The van der Waals surface area contributed by atoms with Crippen molar-refractivity contribution in [2.45, 2.75) is 34.1 Å². The molecule has 0 aliphatic heterocycles. The van der Waals surface area contributed by atoms with E-state index in [0.29, 0.717) is 5.92 Å². The van der Waals surface area contributed by atoms with Gasteiger partial charge in [-0.05, 0) is 34.4 Å². The van der Waals surface area contributed by atoms with E-state index >= 15 is 0 Å². The minimum absolute atomic E-state index is 0. The number of hydrogen-bond donors (Lipinski definition) is 2. The Morgan fingerprint density at radius 2 is 1.59 bits per heavy atom. The topological polar surface area (TPSA) is 53.4 Å². The Kier molecular flexibility index (Phi) is 12.0. The summed E-state index contributed by atoms with van der Waals surface area (Å²) in [5.74, 6) is 0.673. The first kappa shape index (κ1) is 25.4. The van der Waals surface area contributed by atoms with Crippen LogP contribution in [0.25, 0.3) is 22.0 Å². The average molecular weight is 545 g/mol. The van der Waals surface area contributed by atoms with Gasteiger partial charge in [-0.15, -0.1) is 34.9 Å². The molecule has 0 saturated carbocycles. The van der Waals surface area contributed by atoms with Crippen LogP contribution in [-0.4, -0.2) is 29.4 Å². The number of aliphatic hydroxyl groups excluding tert-OH is 2. The van der Waals surface area contributed by atoms with Gasteiger partial charge >= 0.3 is 0 Å². The zero-order valence-electron chi connectivity index (χ0n) is 17.0. The van der Waals surface area contributed by atoms with Crippen LogP contribution in [0.2, 0.25) is 0 Å². The van der Waals surface area contributed by atoms with Crippen LogP contribution in [0.15, 0.2) is 42.6 Å². The van der Waals surface area contributed by atoms with Gasteiger partial charge in [-0.1, -0.05) is 52.0 Å². The van der Waals surface area contributed by atoms with Gasteiger partial charge in [-0.25, -0.2) is 0 Å². The van der Waals surface area contributed by atoms with Crippen LogP contribution in [0, 0.1) is 25.8 Å². The van der Waals surface area contributed by atoms with Gasteiger partial charge in [-0.2, -0.15) is 0 Å². The van der Waals surface area contributed by atoms with Crippen molar-refractivity contribution in [1.82, 2.24) is 4.98 Å². The van der Waals surface area contributed by atoms with Crippen LogP contribution in [0.4, 0.5) is 0 Å². The number of aliphatic hydroxyl groups is 2. The molecular formula is C23H30IrNO2-. The SMILES string of the molecule is CO.CO.Cc1[c-]c(-c2cc3cc(CC(C)C)ccc3cn2)cc(C)c1.[Ir]. The molecule has 3 aromatic rings. The number of aromatic nitrogens is 1. The second-order valence-electron chi connectivity index (χ2n) is 6.60. The van der Waals surface area contributed by atoms with Crippen molar-refractivity contribution >= 4 is 10.8 Å². The zero-order chi connectivity index (χ0) is 19.7. The number of benzene rings is 2. The summed E-state index contributed by atoms with van der Waals surface area (Å²) >= 11 is 0. The fraction of sp³-hybridized carbons (Fsp3) is 0.348. The molecule has 0 bridgehead atoms. The molecule has 0 aliphatic carbocycles. The molecular weight excluding hydrogens is 514 g/mol. The number of rotatable bonds is 3. The molecule has 0 amide bonds. The Morgan fingerprint density at radius 1 is 0.926 bits per heavy atom. The maximum absolute atomic E-state index is 7.00. The molecule has 2 N–H and O–H groups in total. The monoisotopic (exact) mass is 545 g/mol. The first-order valence-electron chi connectivity index (χ1n) is 8.80. The minimum atomic E-state index is 0. The second kappa shape index (κ2) is 12.7. The van der Waals surface area contributed by atoms with Gasteiger partial charge < -0.3 is 15.2 Å². The van der Waals surface area contributed by atoms with Crippen LogP contribution in [-0.2, 0) is 26.5 Å². The first-order chi connectivity index (χ1) is 12.5. The Bertz CT molecular complexity index is 811. The Labute approximate surface area is 176 Å². The Morgan fingerprint density at radius 3 is 2.19 bits per heavy atom. The fourth-order valence-corrected chi connectivity index (χ4v) is 2.97. The summed E-state index contributed by atoms with van der Waals surface area (Å²) in [5, 5.41) is 16.5. The molecule has 1 radical (unpaired) electrons. The summed E-state index contributed by atoms with van der Waals surface area (Å²) in [6, 6.07) is 16.6. The van der Waals surface area contributed by atoms with Crippen molar-refractivity contribution in [2.24, 2.45) is 5.92 Å². The molecule has 0 fully saturated rings. The third-order valence-corrected chi connectivity index (χ3v) is 3.85. The largest absolute Gasteiger partial charge is 0.400 e. The van der Waals surface area contributed by atoms with Gasteiger partial charge in [0.2, 0.25) is 0 Å². The van der Waals surface area contributed by atoms with Crippen LogP contribution in [0.1, 0.15) is 30.5 Å². The molecule has 3 nitrogen and oxygen atoms in total. The molecule has 0 unspecified atom stereocenters. The molecule has 27 heavy (non-hydrogen) atoms. The summed E-state index contributed by atoms with van der Waals surface area (Å²) in [6.45, 7) is 8.71. The van der Waals surface area contributed by atoms with Gasteiger partial charge in [0, 0.05) is 40.5 Å². The van der Waals surface area contributed by atoms with Gasteiger partial charge in [0.05, 0.1) is 0 Å². The minimum Gasteiger partial charge on any atom is -0.400 e. The number of pyridine rings is 1. The van der Waals surface area contributed by atoms with E-state index < -0.39 is 0 Å². The molecule has 1 heterocycles. The van der Waals surface area contributed by atoms with E-state index in [-0.39, 0.29) is 20.1 Å². The molecule has 0 spiro atoms. The summed E-state index contributed by atoms with van der Waals surface area (Å²) in [4.78, 5) is 4.62. The van der Waals surface area contributed by atoms with Gasteiger partial charge in [0.25, 0.3) is 0 Å². The smallest absolute Gasteiger partial charge is 0.0319 e. The van der Waals surface area contributed by atoms with E-state index in [1.54, 1.807) is 0 Å². The third kappa shape index (κ3) is 7.51. The maximum Gasteiger partial charge on any atom is 0.0319 e. The summed E-state index contributed by atoms with van der Waals surface area (Å²) in [6.07, 6.45) is 3.08. The van der Waals surface area contributed by atoms with E-state index in [1.807, 2.05) is 6.20 Å². The standard InChI is InChI=1S/C21H22N.2CH4O.Ir/c1-14(2)7-17-5-6-18-13-22-21(12-19(18)11-17)20-9-15(3)8-16(4)10-20;2*1-2;/h5-6,8-9,11-14H,7H2,1-4H3;2*2H,1H3;/q-1;;;. The van der Waals surface area contributed by atoms with E-state index in [9.17, 15) is 0 Å². The summed E-state index contributed by atoms with van der Waals surface area (Å²) in [5.41, 5.74) is 5.88. The van der Waals surface area contributed by atoms with E-state index in [0.717, 1.165) is 37.5 Å². The molecule has 3 rings (SSSR count). The molecule has 1 aromatic heterocycles. The van der Waals surface area contributed by atoms with E-state index in [2.05, 4.69) is 75.1 Å². The molecule has 149 valence electrons. The molecule has 0 atom stereocenters. The van der Waals surface area contributed by atoms with Crippen LogP contribution in [0.5, 0.6) is 0 Å². The van der Waals surface area contributed by atoms with Gasteiger partial charge in [0.1, 0.15) is 0 Å². The van der Waals surface area contributed by atoms with Crippen molar-refractivity contribution < 1.29 is 30.3 Å². The van der Waals surface area contributed by atoms with Gasteiger partial charge in [-0.3, -0.25) is 0 Å². The van der Waals surface area contributed by atoms with Crippen LogP contribution in [0.3, 0.4) is 0 Å². The predicted octanol–water partition coefficient (Wildman–Crippen LogP) is 4.73. The van der Waals surface area contributed by atoms with Crippen molar-refractivity contribution in [3.05, 3.63) is 65.4 Å². The zero-order valence-corrected chi connectivity index (χ0v) is 19.4. The van der Waals surface area contributed by atoms with E-state index in [1.165, 1.54) is 21.9 Å². The fourth-order valence-electron chi connectivity index (χ4n) is 2.97. The second-order valence-corrected chi connectivity index (χ2v) is 6.60. The molecule has 0 saturated heterocycles. The molecule has 4 heteroatoms. The van der Waals surface area contributed by atoms with E-state index in [4.69, 9.17) is 10.2 Å². The Balaban J connectivity index is 0.00000127. The van der Waals surface area contributed by atoms with Crippen molar-refractivity contribution in [3.63, 3.8) is 0 Å². The average Bonchev–Trinajstić information content (AvgIpc) is 2.63. The first-order valence-corrected chi connectivity index (χ1v) is 8.80. The van der Waals surface area contributed by atoms with Crippen molar-refractivity contribution in [3.8, 4) is 11.3 Å². The van der Waals surface area contributed by atoms with Crippen LogP contribution >= 0.6 is 0 Å². The summed E-state index contributed by atoms with van der Waals surface area (Å²) in [7, 11) is 2.00. The predicted molar refractivity (Wildman–Crippen MR) is 110 cm³/mol. The number of hydrogen-bond acceptors (Lipinski definition) is 3. The summed E-state index contributed by atoms with van der Waals surface area (Å²) < 4.78 is 0. The normalized spacial score (nSPS) is 9.67. The molecule has 0 aliphatic rings. The van der Waals surface area contributed by atoms with Gasteiger partial charge in [0.15, 0.2) is 0 Å². The quantitative estimate of drug-likeness (QED) is 0.469.